The van der Waals surface area contributed by atoms with Crippen LogP contribution in [-0.4, -0.2) is 23.0 Å². The van der Waals surface area contributed by atoms with Crippen LogP contribution in [0.4, 0.5) is 0 Å². The second-order valence-corrected chi connectivity index (χ2v) is 6.31. The summed E-state index contributed by atoms with van der Waals surface area (Å²) in [4.78, 5) is 11.3. The van der Waals surface area contributed by atoms with Gasteiger partial charge in [-0.2, -0.15) is 0 Å². The summed E-state index contributed by atoms with van der Waals surface area (Å²) in [6, 6.07) is 6.76. The Morgan fingerprint density at radius 3 is 2.81 bits per heavy atom. The molecule has 1 aromatic rings. The van der Waals surface area contributed by atoms with Crippen LogP contribution in [0.15, 0.2) is 33.6 Å². The lowest BCUT2D eigenvalue weighted by atomic mass is 10.4. The molecule has 6 heteroatoms. The van der Waals surface area contributed by atoms with Crippen molar-refractivity contribution in [1.82, 2.24) is 0 Å². The summed E-state index contributed by atoms with van der Waals surface area (Å²) in [5.74, 6) is -0.467. The van der Waals surface area contributed by atoms with Crippen LogP contribution in [0.3, 0.4) is 0 Å². The lowest BCUT2D eigenvalue weighted by Crippen LogP contribution is -2.11. The van der Waals surface area contributed by atoms with Gasteiger partial charge in [-0.1, -0.05) is 22.0 Å². The Balaban J connectivity index is 2.82. The van der Waals surface area contributed by atoms with Gasteiger partial charge in [0, 0.05) is 15.1 Å². The number of methoxy groups -OCH3 is 1. The third-order valence-electron chi connectivity index (χ3n) is 2.00. The smallest absolute Gasteiger partial charge is 0.306 e. The van der Waals surface area contributed by atoms with Crippen LogP contribution >= 0.6 is 15.9 Å². The van der Waals surface area contributed by atoms with Crippen molar-refractivity contribution < 1.29 is 13.7 Å². The van der Waals surface area contributed by atoms with Gasteiger partial charge < -0.3 is 4.74 Å². The van der Waals surface area contributed by atoms with E-state index in [1.165, 1.54) is 7.11 Å². The number of esters is 1. The van der Waals surface area contributed by atoms with E-state index in [4.69, 9.17) is 4.78 Å². The second-order valence-electron chi connectivity index (χ2n) is 3.16. The molecule has 0 bridgehead atoms. The van der Waals surface area contributed by atoms with Crippen molar-refractivity contribution in [2.24, 2.45) is 0 Å². The molecule has 1 N–H and O–H groups in total. The molecule has 1 aromatic carbocycles. The van der Waals surface area contributed by atoms with Crippen molar-refractivity contribution in [3.8, 4) is 0 Å². The average Bonchev–Trinajstić information content (AvgIpc) is 2.26. The molecule has 0 saturated carbocycles. The standard InChI is InChI=1S/C10H12BrNO3S/c1-15-10(13)5-6-16(12,14)9-4-2-3-8(11)7-9/h2-4,7,12H,5-6H2,1H3. The summed E-state index contributed by atoms with van der Waals surface area (Å²) in [5, 5.41) is 0. The summed E-state index contributed by atoms with van der Waals surface area (Å²) < 4.78 is 24.9. The number of benzene rings is 1. The van der Waals surface area contributed by atoms with E-state index in [0.29, 0.717) is 4.90 Å². The lowest BCUT2D eigenvalue weighted by Gasteiger charge is -2.07. The highest BCUT2D eigenvalue weighted by Gasteiger charge is 2.13. The van der Waals surface area contributed by atoms with E-state index in [0.717, 1.165) is 4.47 Å². The Labute approximate surface area is 103 Å². The van der Waals surface area contributed by atoms with E-state index in [1.54, 1.807) is 24.3 Å². The fourth-order valence-corrected chi connectivity index (χ4v) is 2.98. The number of hydrogen-bond acceptors (Lipinski definition) is 4. The highest BCUT2D eigenvalue weighted by atomic mass is 79.9. The fourth-order valence-electron chi connectivity index (χ4n) is 1.12. The molecular formula is C10H12BrNO3S. The van der Waals surface area contributed by atoms with Gasteiger partial charge in [-0.15, -0.1) is 0 Å². The van der Waals surface area contributed by atoms with E-state index >= 15 is 0 Å². The minimum atomic E-state index is -2.92. The molecule has 0 aromatic heterocycles. The Kier molecular flexibility index (Phi) is 4.49. The minimum absolute atomic E-state index is 0.00858. The molecule has 88 valence electrons. The van der Waals surface area contributed by atoms with Crippen molar-refractivity contribution in [3.63, 3.8) is 0 Å². The van der Waals surface area contributed by atoms with Crippen molar-refractivity contribution in [2.75, 3.05) is 12.9 Å². The van der Waals surface area contributed by atoms with Crippen molar-refractivity contribution in [1.29, 1.82) is 4.78 Å². The van der Waals surface area contributed by atoms with E-state index in [2.05, 4.69) is 20.7 Å². The zero-order valence-electron chi connectivity index (χ0n) is 8.73. The van der Waals surface area contributed by atoms with Gasteiger partial charge >= 0.3 is 5.97 Å². The Morgan fingerprint density at radius 2 is 2.25 bits per heavy atom. The zero-order valence-corrected chi connectivity index (χ0v) is 11.1. The van der Waals surface area contributed by atoms with Gasteiger partial charge in [0.2, 0.25) is 0 Å². The minimum Gasteiger partial charge on any atom is -0.469 e. The molecule has 0 saturated heterocycles. The van der Waals surface area contributed by atoms with Crippen LogP contribution in [0.25, 0.3) is 0 Å². The predicted molar refractivity (Wildman–Crippen MR) is 64.8 cm³/mol. The number of halogens is 1. The Hall–Kier alpha value is -0.880. The summed E-state index contributed by atoms with van der Waals surface area (Å²) in [7, 11) is -1.65. The largest absolute Gasteiger partial charge is 0.469 e. The molecular weight excluding hydrogens is 294 g/mol. The van der Waals surface area contributed by atoms with Gasteiger partial charge in [0.15, 0.2) is 0 Å². The topological polar surface area (TPSA) is 67.2 Å². The molecule has 1 atom stereocenters. The molecule has 0 aliphatic rings. The van der Waals surface area contributed by atoms with E-state index in [9.17, 15) is 9.00 Å². The van der Waals surface area contributed by atoms with E-state index < -0.39 is 15.7 Å². The van der Waals surface area contributed by atoms with Crippen molar-refractivity contribution in [3.05, 3.63) is 28.7 Å². The highest BCUT2D eigenvalue weighted by Crippen LogP contribution is 2.18. The Bertz CT molecular complexity index is 485. The fraction of sp³-hybridized carbons (Fsp3) is 0.300. The maximum atomic E-state index is 12.0. The number of rotatable bonds is 4. The third-order valence-corrected chi connectivity index (χ3v) is 4.29. The normalized spacial score (nSPS) is 14.1. The first-order chi connectivity index (χ1) is 7.45. The number of hydrogen-bond donors (Lipinski definition) is 1. The Morgan fingerprint density at radius 1 is 1.56 bits per heavy atom. The first-order valence-electron chi connectivity index (χ1n) is 4.54. The number of carbonyl (C=O) groups excluding carboxylic acids is 1. The molecule has 1 rings (SSSR count). The van der Waals surface area contributed by atoms with Gasteiger partial charge in [0.05, 0.1) is 23.3 Å². The van der Waals surface area contributed by atoms with Crippen LogP contribution in [0.5, 0.6) is 0 Å². The summed E-state index contributed by atoms with van der Waals surface area (Å²) in [6.07, 6.45) is -0.00858. The zero-order chi connectivity index (χ0) is 12.2. The maximum absolute atomic E-state index is 12.0. The van der Waals surface area contributed by atoms with Gasteiger partial charge in [0.25, 0.3) is 0 Å². The van der Waals surface area contributed by atoms with Gasteiger partial charge in [-0.3, -0.25) is 4.79 Å². The summed E-state index contributed by atoms with van der Waals surface area (Å²) in [6.45, 7) is 0. The molecule has 16 heavy (non-hydrogen) atoms. The highest BCUT2D eigenvalue weighted by molar-refractivity contribution is 9.10. The van der Waals surface area contributed by atoms with Crippen LogP contribution in [0.1, 0.15) is 6.42 Å². The summed E-state index contributed by atoms with van der Waals surface area (Å²) >= 11 is 3.25. The predicted octanol–water partition coefficient (Wildman–Crippen LogP) is 2.42. The van der Waals surface area contributed by atoms with Crippen LogP contribution < -0.4 is 0 Å². The SMILES string of the molecule is COC(=O)CCS(=N)(=O)c1cccc(Br)c1. The first kappa shape index (κ1) is 13.2. The van der Waals surface area contributed by atoms with Crippen molar-refractivity contribution >= 4 is 31.6 Å². The number of carbonyl (C=O) groups is 1. The maximum Gasteiger partial charge on any atom is 0.306 e. The molecule has 0 fully saturated rings. The molecule has 0 aliphatic heterocycles. The number of nitrogens with one attached hydrogen (secondary N) is 1. The molecule has 0 radical (unpaired) electrons. The third kappa shape index (κ3) is 3.61. The van der Waals surface area contributed by atoms with Crippen molar-refractivity contribution in [2.45, 2.75) is 11.3 Å². The van der Waals surface area contributed by atoms with Crippen LogP contribution in [-0.2, 0) is 19.3 Å². The van der Waals surface area contributed by atoms with Gasteiger partial charge in [-0.05, 0) is 18.2 Å². The van der Waals surface area contributed by atoms with Gasteiger partial charge in [-0.25, -0.2) is 8.99 Å². The lowest BCUT2D eigenvalue weighted by molar-refractivity contribution is -0.140. The first-order valence-corrected chi connectivity index (χ1v) is 7.06. The molecule has 0 spiro atoms. The molecule has 0 heterocycles. The average molecular weight is 306 g/mol. The van der Waals surface area contributed by atoms with E-state index in [-0.39, 0.29) is 12.2 Å². The monoisotopic (exact) mass is 305 g/mol. The number of ether oxygens (including phenoxy) is 1. The second kappa shape index (κ2) is 5.45. The quantitative estimate of drug-likeness (QED) is 0.869. The summed E-state index contributed by atoms with van der Waals surface area (Å²) in [5.41, 5.74) is 0. The molecule has 1 unspecified atom stereocenters. The molecule has 0 amide bonds. The molecule has 4 nitrogen and oxygen atoms in total. The van der Waals surface area contributed by atoms with E-state index in [1.807, 2.05) is 0 Å². The van der Waals surface area contributed by atoms with Gasteiger partial charge in [0.1, 0.15) is 0 Å². The molecule has 0 aliphatic carbocycles. The van der Waals surface area contributed by atoms with Crippen LogP contribution in [0, 0.1) is 4.78 Å². The van der Waals surface area contributed by atoms with Crippen LogP contribution in [0.2, 0.25) is 0 Å².